The van der Waals surface area contributed by atoms with Gasteiger partial charge in [-0.05, 0) is 37.6 Å². The van der Waals surface area contributed by atoms with Crippen molar-refractivity contribution in [1.29, 1.82) is 0 Å². The minimum atomic E-state index is -0.396. The number of aliphatic hydroxyl groups is 1. The van der Waals surface area contributed by atoms with Gasteiger partial charge in [0, 0.05) is 18.7 Å². The molecule has 0 aliphatic carbocycles. The molecule has 2 rings (SSSR count). The summed E-state index contributed by atoms with van der Waals surface area (Å²) in [5.41, 5.74) is 7.14. The molecule has 20 heavy (non-hydrogen) atoms. The molecule has 1 aromatic rings. The zero-order valence-electron chi connectivity index (χ0n) is 11.7. The van der Waals surface area contributed by atoms with Gasteiger partial charge in [-0.15, -0.1) is 0 Å². The van der Waals surface area contributed by atoms with Crippen molar-refractivity contribution < 1.29 is 9.90 Å². The Bertz CT molecular complexity index is 542. The first-order chi connectivity index (χ1) is 9.53. The first kappa shape index (κ1) is 14.6. The Morgan fingerprint density at radius 2 is 2.15 bits per heavy atom. The normalized spacial score (nSPS) is 22.3. The summed E-state index contributed by atoms with van der Waals surface area (Å²) in [6.07, 6.45) is 0.822. The molecule has 0 aromatic heterocycles. The fourth-order valence-electron chi connectivity index (χ4n) is 2.49. The van der Waals surface area contributed by atoms with Crippen LogP contribution < -0.4 is 5.73 Å². The maximum atomic E-state index is 11.4. The molecule has 1 heterocycles. The quantitative estimate of drug-likeness (QED) is 0.797. The first-order valence-corrected chi connectivity index (χ1v) is 6.74. The highest BCUT2D eigenvalue weighted by Gasteiger charge is 2.38. The van der Waals surface area contributed by atoms with Crippen molar-refractivity contribution in [3.05, 3.63) is 35.4 Å². The topological polar surface area (TPSA) is 66.6 Å². The van der Waals surface area contributed by atoms with Gasteiger partial charge in [0.15, 0.2) is 0 Å². The van der Waals surface area contributed by atoms with E-state index in [0.29, 0.717) is 6.54 Å². The molecule has 1 fully saturated rings. The lowest BCUT2D eigenvalue weighted by Gasteiger charge is -2.21. The van der Waals surface area contributed by atoms with Crippen molar-refractivity contribution >= 4 is 5.91 Å². The predicted molar refractivity (Wildman–Crippen MR) is 77.6 cm³/mol. The summed E-state index contributed by atoms with van der Waals surface area (Å²) in [6, 6.07) is 7.95. The summed E-state index contributed by atoms with van der Waals surface area (Å²) in [5.74, 6) is 5.28. The number of likely N-dealkylation sites (tertiary alicyclic amines) is 1. The number of nitrogens with zero attached hydrogens (tertiary/aromatic N) is 1. The molecule has 1 atom stereocenters. The van der Waals surface area contributed by atoms with Crippen LogP contribution in [-0.4, -0.2) is 35.6 Å². The number of hydrogen-bond donors (Lipinski definition) is 2. The van der Waals surface area contributed by atoms with Crippen LogP contribution in [0.2, 0.25) is 0 Å². The highest BCUT2D eigenvalue weighted by molar-refractivity contribution is 5.81. The smallest absolute Gasteiger partial charge is 0.224 e. The van der Waals surface area contributed by atoms with E-state index in [-0.39, 0.29) is 12.5 Å². The Morgan fingerprint density at radius 3 is 2.70 bits per heavy atom. The molecule has 4 nitrogen and oxygen atoms in total. The number of primary amides is 1. The van der Waals surface area contributed by atoms with Crippen LogP contribution in [0.15, 0.2) is 24.3 Å². The van der Waals surface area contributed by atoms with Gasteiger partial charge < -0.3 is 10.8 Å². The molecule has 0 spiro atoms. The maximum absolute atomic E-state index is 11.4. The molecule has 1 aromatic carbocycles. The van der Waals surface area contributed by atoms with Gasteiger partial charge in [0.2, 0.25) is 5.91 Å². The maximum Gasteiger partial charge on any atom is 0.224 e. The van der Waals surface area contributed by atoms with Gasteiger partial charge >= 0.3 is 0 Å². The zero-order valence-corrected chi connectivity index (χ0v) is 11.7. The highest BCUT2D eigenvalue weighted by Crippen LogP contribution is 2.30. The minimum absolute atomic E-state index is 0.124. The van der Waals surface area contributed by atoms with E-state index in [1.54, 1.807) is 0 Å². The van der Waals surface area contributed by atoms with Crippen molar-refractivity contribution in [3.8, 4) is 11.8 Å². The summed E-state index contributed by atoms with van der Waals surface area (Å²) >= 11 is 0. The van der Waals surface area contributed by atoms with Crippen molar-refractivity contribution in [3.63, 3.8) is 0 Å². The average molecular weight is 272 g/mol. The summed E-state index contributed by atoms with van der Waals surface area (Å²) in [4.78, 5) is 13.7. The van der Waals surface area contributed by atoms with E-state index in [4.69, 9.17) is 10.8 Å². The van der Waals surface area contributed by atoms with E-state index in [0.717, 1.165) is 25.1 Å². The van der Waals surface area contributed by atoms with Gasteiger partial charge in [0.25, 0.3) is 0 Å². The van der Waals surface area contributed by atoms with Crippen LogP contribution in [0.5, 0.6) is 0 Å². The Morgan fingerprint density at radius 1 is 1.45 bits per heavy atom. The van der Waals surface area contributed by atoms with Gasteiger partial charge in [-0.3, -0.25) is 9.69 Å². The van der Waals surface area contributed by atoms with Crippen LogP contribution in [0.3, 0.4) is 0 Å². The number of benzene rings is 1. The third-order valence-electron chi connectivity index (χ3n) is 3.82. The molecular formula is C16H20N2O2. The predicted octanol–water partition coefficient (Wildman–Crippen LogP) is 0.728. The minimum Gasteiger partial charge on any atom is -0.384 e. The van der Waals surface area contributed by atoms with E-state index in [1.807, 2.05) is 31.2 Å². The summed E-state index contributed by atoms with van der Waals surface area (Å²) in [6.45, 7) is 4.24. The Hall–Kier alpha value is -1.83. The van der Waals surface area contributed by atoms with Crippen LogP contribution in [0.1, 0.15) is 24.5 Å². The zero-order chi connectivity index (χ0) is 14.6. The fraction of sp³-hybridized carbons (Fsp3) is 0.438. The number of amides is 1. The monoisotopic (exact) mass is 272 g/mol. The Labute approximate surface area is 119 Å². The lowest BCUT2D eigenvalue weighted by Crippen LogP contribution is -2.36. The van der Waals surface area contributed by atoms with E-state index >= 15 is 0 Å². The van der Waals surface area contributed by atoms with E-state index in [1.165, 1.54) is 5.56 Å². The molecule has 4 heteroatoms. The molecule has 1 aliphatic rings. The van der Waals surface area contributed by atoms with Crippen molar-refractivity contribution in [2.75, 3.05) is 19.7 Å². The van der Waals surface area contributed by atoms with E-state index in [2.05, 4.69) is 16.7 Å². The van der Waals surface area contributed by atoms with E-state index < -0.39 is 5.41 Å². The lowest BCUT2D eigenvalue weighted by atomic mass is 9.89. The number of rotatable bonds is 3. The van der Waals surface area contributed by atoms with Crippen LogP contribution in [0.25, 0.3) is 0 Å². The Kier molecular flexibility index (Phi) is 4.43. The molecule has 1 amide bonds. The molecule has 0 radical (unpaired) electrons. The molecule has 3 N–H and O–H groups in total. The number of hydrogen-bond acceptors (Lipinski definition) is 3. The van der Waals surface area contributed by atoms with Gasteiger partial charge in [-0.2, -0.15) is 0 Å². The van der Waals surface area contributed by atoms with E-state index in [9.17, 15) is 4.79 Å². The lowest BCUT2D eigenvalue weighted by molar-refractivity contribution is -0.126. The summed E-state index contributed by atoms with van der Waals surface area (Å²) in [7, 11) is 0. The van der Waals surface area contributed by atoms with Gasteiger partial charge in [-0.1, -0.05) is 24.0 Å². The first-order valence-electron chi connectivity index (χ1n) is 6.74. The highest BCUT2D eigenvalue weighted by atomic mass is 16.2. The van der Waals surface area contributed by atoms with Crippen LogP contribution in [0, 0.1) is 17.3 Å². The molecule has 1 saturated heterocycles. The second-order valence-electron chi connectivity index (χ2n) is 5.54. The fourth-order valence-corrected chi connectivity index (χ4v) is 2.49. The second kappa shape index (κ2) is 6.08. The van der Waals surface area contributed by atoms with Crippen LogP contribution >= 0.6 is 0 Å². The summed E-state index contributed by atoms with van der Waals surface area (Å²) < 4.78 is 0. The SMILES string of the molecule is CC1(C(N)=O)CCN(Cc2ccc(C#CCO)cc2)C1. The van der Waals surface area contributed by atoms with Crippen LogP contribution in [-0.2, 0) is 11.3 Å². The number of carbonyl (C=O) groups is 1. The molecule has 0 saturated carbocycles. The summed E-state index contributed by atoms with van der Waals surface area (Å²) in [5, 5.41) is 8.65. The van der Waals surface area contributed by atoms with Gasteiger partial charge in [0.05, 0.1) is 5.41 Å². The van der Waals surface area contributed by atoms with Gasteiger partial charge in [-0.25, -0.2) is 0 Å². The molecule has 0 bridgehead atoms. The van der Waals surface area contributed by atoms with Crippen molar-refractivity contribution in [1.82, 2.24) is 4.90 Å². The van der Waals surface area contributed by atoms with Crippen molar-refractivity contribution in [2.24, 2.45) is 11.1 Å². The second-order valence-corrected chi connectivity index (χ2v) is 5.54. The number of nitrogens with two attached hydrogens (primary N) is 1. The molecule has 106 valence electrons. The number of aliphatic hydroxyl groups excluding tert-OH is 1. The van der Waals surface area contributed by atoms with Crippen LogP contribution in [0.4, 0.5) is 0 Å². The Balaban J connectivity index is 1.96. The third kappa shape index (κ3) is 3.38. The standard InChI is InChI=1S/C16H20N2O2/c1-16(15(17)20)8-9-18(12-16)11-14-6-4-13(5-7-14)3-2-10-19/h4-7,19H,8-12H2,1H3,(H2,17,20). The number of carbonyl (C=O) groups excluding carboxylic acids is 1. The van der Waals surface area contributed by atoms with Crippen molar-refractivity contribution in [2.45, 2.75) is 19.9 Å². The molecular weight excluding hydrogens is 252 g/mol. The van der Waals surface area contributed by atoms with Gasteiger partial charge in [0.1, 0.15) is 6.61 Å². The molecule has 1 aliphatic heterocycles. The third-order valence-corrected chi connectivity index (χ3v) is 3.82. The largest absolute Gasteiger partial charge is 0.384 e. The average Bonchev–Trinajstić information content (AvgIpc) is 2.81. The molecule has 1 unspecified atom stereocenters.